The fourth-order valence-corrected chi connectivity index (χ4v) is 3.80. The zero-order chi connectivity index (χ0) is 14.0. The molecule has 2 aliphatic rings. The first-order valence-electron chi connectivity index (χ1n) is 7.99. The maximum Gasteiger partial charge on any atom is 0.0758 e. The zero-order valence-electron chi connectivity index (χ0n) is 12.5. The molecular formula is C17H26N2O. The van der Waals surface area contributed by atoms with Crippen molar-refractivity contribution < 1.29 is 4.74 Å². The van der Waals surface area contributed by atoms with E-state index in [9.17, 15) is 0 Å². The van der Waals surface area contributed by atoms with E-state index >= 15 is 0 Å². The Kier molecular flexibility index (Phi) is 3.88. The van der Waals surface area contributed by atoms with Crippen LogP contribution in [0.1, 0.15) is 45.4 Å². The molecule has 1 heterocycles. The lowest BCUT2D eigenvalue weighted by atomic mass is 9.98. The number of nitrogens with two attached hydrogens (primary N) is 1. The molecule has 1 unspecified atom stereocenters. The van der Waals surface area contributed by atoms with Gasteiger partial charge in [0.15, 0.2) is 0 Å². The molecule has 1 aliphatic carbocycles. The summed E-state index contributed by atoms with van der Waals surface area (Å²) in [5, 5.41) is 0. The number of hydrogen-bond acceptors (Lipinski definition) is 3. The number of hydrogen-bond donors (Lipinski definition) is 1. The molecule has 1 saturated carbocycles. The van der Waals surface area contributed by atoms with Gasteiger partial charge >= 0.3 is 0 Å². The van der Waals surface area contributed by atoms with Crippen molar-refractivity contribution in [2.24, 2.45) is 0 Å². The van der Waals surface area contributed by atoms with Crippen molar-refractivity contribution in [2.75, 3.05) is 23.7 Å². The lowest BCUT2D eigenvalue weighted by Gasteiger charge is -2.29. The molecule has 1 spiro atoms. The summed E-state index contributed by atoms with van der Waals surface area (Å²) < 4.78 is 6.42. The minimum Gasteiger partial charge on any atom is -0.399 e. The van der Waals surface area contributed by atoms with Gasteiger partial charge in [0, 0.05) is 24.5 Å². The summed E-state index contributed by atoms with van der Waals surface area (Å²) in [6, 6.07) is 8.17. The summed E-state index contributed by atoms with van der Waals surface area (Å²) in [6.45, 7) is 4.18. The third-order valence-corrected chi connectivity index (χ3v) is 4.89. The molecule has 1 saturated heterocycles. The predicted octanol–water partition coefficient (Wildman–Crippen LogP) is 3.59. The summed E-state index contributed by atoms with van der Waals surface area (Å²) in [5.74, 6) is 0. The van der Waals surface area contributed by atoms with E-state index in [0.717, 1.165) is 18.8 Å². The Bertz CT molecular complexity index is 454. The first-order chi connectivity index (χ1) is 9.71. The van der Waals surface area contributed by atoms with Gasteiger partial charge in [0.25, 0.3) is 0 Å². The molecular weight excluding hydrogens is 248 g/mol. The molecule has 0 aromatic heterocycles. The molecule has 0 radical (unpaired) electrons. The van der Waals surface area contributed by atoms with Crippen LogP contribution in [-0.2, 0) is 4.74 Å². The van der Waals surface area contributed by atoms with E-state index in [1.165, 1.54) is 44.2 Å². The highest BCUT2D eigenvalue weighted by molar-refractivity contribution is 5.55. The van der Waals surface area contributed by atoms with Crippen LogP contribution < -0.4 is 10.6 Å². The van der Waals surface area contributed by atoms with Crippen LogP contribution in [0, 0.1) is 0 Å². The van der Waals surface area contributed by atoms with Gasteiger partial charge in [0.2, 0.25) is 0 Å². The van der Waals surface area contributed by atoms with Crippen molar-refractivity contribution in [1.82, 2.24) is 0 Å². The van der Waals surface area contributed by atoms with Crippen LogP contribution in [0.3, 0.4) is 0 Å². The van der Waals surface area contributed by atoms with Crippen molar-refractivity contribution in [2.45, 2.75) is 57.2 Å². The third kappa shape index (κ3) is 2.78. The van der Waals surface area contributed by atoms with Gasteiger partial charge in [-0.25, -0.2) is 0 Å². The van der Waals surface area contributed by atoms with E-state index in [1.807, 2.05) is 12.1 Å². The molecule has 1 aromatic rings. The highest BCUT2D eigenvalue weighted by Crippen LogP contribution is 2.43. The number of anilines is 2. The molecule has 110 valence electrons. The minimum absolute atomic E-state index is 0.236. The third-order valence-electron chi connectivity index (χ3n) is 4.89. The minimum atomic E-state index is 0.236. The Morgan fingerprint density at radius 1 is 1.30 bits per heavy atom. The van der Waals surface area contributed by atoms with Crippen LogP contribution in [0.4, 0.5) is 11.4 Å². The topological polar surface area (TPSA) is 38.5 Å². The maximum atomic E-state index is 6.42. The lowest BCUT2D eigenvalue weighted by molar-refractivity contribution is -0.0327. The highest BCUT2D eigenvalue weighted by atomic mass is 16.5. The number of likely N-dealkylation sites (N-methyl/N-ethyl adjacent to an activating group) is 1. The molecule has 3 rings (SSSR count). The number of nitrogen functional groups attached to an aromatic ring is 1. The van der Waals surface area contributed by atoms with Gasteiger partial charge < -0.3 is 15.4 Å². The summed E-state index contributed by atoms with van der Waals surface area (Å²) >= 11 is 0. The number of rotatable bonds is 4. The zero-order valence-corrected chi connectivity index (χ0v) is 12.5. The van der Waals surface area contributed by atoms with Crippen molar-refractivity contribution in [3.63, 3.8) is 0 Å². The standard InChI is InChI=1S/C17H26N2O/c1-2-19(15-7-5-6-14(18)12-15)13-16-8-11-17(20-16)9-3-4-10-17/h5-7,12,16H,2-4,8-11,13,18H2,1H3. The molecule has 20 heavy (non-hydrogen) atoms. The Hall–Kier alpha value is -1.22. The van der Waals surface area contributed by atoms with E-state index in [4.69, 9.17) is 10.5 Å². The molecule has 1 aromatic carbocycles. The van der Waals surface area contributed by atoms with Gasteiger partial charge in [-0.15, -0.1) is 0 Å². The van der Waals surface area contributed by atoms with Crippen molar-refractivity contribution in [3.8, 4) is 0 Å². The number of nitrogens with zero attached hydrogens (tertiary/aromatic N) is 1. The first-order valence-corrected chi connectivity index (χ1v) is 7.99. The smallest absolute Gasteiger partial charge is 0.0758 e. The molecule has 2 fully saturated rings. The van der Waals surface area contributed by atoms with Gasteiger partial charge in [0.05, 0.1) is 11.7 Å². The quantitative estimate of drug-likeness (QED) is 0.853. The van der Waals surface area contributed by atoms with Crippen LogP contribution in [0.5, 0.6) is 0 Å². The second-order valence-corrected chi connectivity index (χ2v) is 6.30. The van der Waals surface area contributed by atoms with Crippen LogP contribution in [0.15, 0.2) is 24.3 Å². The summed E-state index contributed by atoms with van der Waals surface area (Å²) in [4.78, 5) is 2.38. The Labute approximate surface area is 122 Å². The summed E-state index contributed by atoms with van der Waals surface area (Å²) in [7, 11) is 0. The normalized spacial score (nSPS) is 24.4. The van der Waals surface area contributed by atoms with Gasteiger partial charge in [0.1, 0.15) is 0 Å². The first kappa shape index (κ1) is 13.7. The SMILES string of the molecule is CCN(CC1CCC2(CCCC2)O1)c1cccc(N)c1. The van der Waals surface area contributed by atoms with Gasteiger partial charge in [-0.3, -0.25) is 0 Å². The Balaban J connectivity index is 1.64. The second kappa shape index (κ2) is 5.65. The number of ether oxygens (including phenoxy) is 1. The van der Waals surface area contributed by atoms with E-state index in [2.05, 4.69) is 24.0 Å². The maximum absolute atomic E-state index is 6.42. The second-order valence-electron chi connectivity index (χ2n) is 6.30. The highest BCUT2D eigenvalue weighted by Gasteiger charge is 2.42. The van der Waals surface area contributed by atoms with Gasteiger partial charge in [-0.2, -0.15) is 0 Å². The largest absolute Gasteiger partial charge is 0.399 e. The van der Waals surface area contributed by atoms with Crippen LogP contribution in [0.2, 0.25) is 0 Å². The molecule has 3 nitrogen and oxygen atoms in total. The van der Waals surface area contributed by atoms with Crippen molar-refractivity contribution in [3.05, 3.63) is 24.3 Å². The Morgan fingerprint density at radius 3 is 2.80 bits per heavy atom. The summed E-state index contributed by atoms with van der Waals surface area (Å²) in [5.41, 5.74) is 8.18. The lowest BCUT2D eigenvalue weighted by Crippen LogP contribution is -2.34. The predicted molar refractivity (Wildman–Crippen MR) is 84.0 cm³/mol. The van der Waals surface area contributed by atoms with Crippen molar-refractivity contribution in [1.29, 1.82) is 0 Å². The molecule has 0 amide bonds. The molecule has 2 N–H and O–H groups in total. The van der Waals surface area contributed by atoms with Crippen LogP contribution in [-0.4, -0.2) is 24.8 Å². The van der Waals surface area contributed by atoms with Crippen LogP contribution in [0.25, 0.3) is 0 Å². The fraction of sp³-hybridized carbons (Fsp3) is 0.647. The summed E-state index contributed by atoms with van der Waals surface area (Å²) in [6.07, 6.45) is 8.08. The molecule has 1 aliphatic heterocycles. The average Bonchev–Trinajstić information content (AvgIpc) is 3.07. The van der Waals surface area contributed by atoms with Crippen LogP contribution >= 0.6 is 0 Å². The van der Waals surface area contributed by atoms with E-state index in [0.29, 0.717) is 6.10 Å². The Morgan fingerprint density at radius 2 is 2.10 bits per heavy atom. The number of benzene rings is 1. The van der Waals surface area contributed by atoms with Crippen molar-refractivity contribution >= 4 is 11.4 Å². The monoisotopic (exact) mass is 274 g/mol. The van der Waals surface area contributed by atoms with E-state index in [-0.39, 0.29) is 5.60 Å². The molecule has 1 atom stereocenters. The molecule has 0 bridgehead atoms. The van der Waals surface area contributed by atoms with Gasteiger partial charge in [-0.05, 0) is 50.8 Å². The van der Waals surface area contributed by atoms with E-state index < -0.39 is 0 Å². The van der Waals surface area contributed by atoms with E-state index in [1.54, 1.807) is 0 Å². The van der Waals surface area contributed by atoms with Gasteiger partial charge in [-0.1, -0.05) is 18.9 Å². The molecule has 3 heteroatoms. The average molecular weight is 274 g/mol. The fourth-order valence-electron chi connectivity index (χ4n) is 3.80.